The lowest BCUT2D eigenvalue weighted by molar-refractivity contribution is -0.143. The third-order valence-corrected chi connectivity index (χ3v) is 2.85. The van der Waals surface area contributed by atoms with E-state index in [1.165, 1.54) is 38.1 Å². The van der Waals surface area contributed by atoms with Crippen molar-refractivity contribution in [2.45, 2.75) is 26.1 Å². The van der Waals surface area contributed by atoms with Crippen LogP contribution in [0.1, 0.15) is 29.9 Å². The molecule has 1 heterocycles. The molecule has 0 N–H and O–H groups in total. The number of aromatic nitrogens is 2. The van der Waals surface area contributed by atoms with E-state index in [0.29, 0.717) is 4.68 Å². The number of azide groups is 1. The Bertz CT molecular complexity index is 790. The van der Waals surface area contributed by atoms with Crippen LogP contribution in [0.5, 0.6) is 0 Å². The van der Waals surface area contributed by atoms with Gasteiger partial charge in [-0.15, -0.1) is 0 Å². The second-order valence-corrected chi connectivity index (χ2v) is 4.98. The molecule has 126 valence electrons. The third kappa shape index (κ3) is 3.66. The van der Waals surface area contributed by atoms with Crippen LogP contribution in [-0.2, 0) is 10.9 Å². The number of carbonyl (C=O) groups excluding carboxylic acids is 1. The number of benzene rings is 1. The molecule has 0 saturated heterocycles. The van der Waals surface area contributed by atoms with Crippen molar-refractivity contribution >= 4 is 11.7 Å². The number of carbonyl (C=O) groups is 1. The van der Waals surface area contributed by atoms with Crippen LogP contribution in [0, 0.1) is 0 Å². The molecule has 0 radical (unpaired) electrons. The van der Waals surface area contributed by atoms with Gasteiger partial charge in [-0.2, -0.15) is 18.3 Å². The van der Waals surface area contributed by atoms with Crippen molar-refractivity contribution in [3.63, 3.8) is 0 Å². The van der Waals surface area contributed by atoms with Crippen molar-refractivity contribution in [2.24, 2.45) is 5.11 Å². The molecule has 0 spiro atoms. The van der Waals surface area contributed by atoms with Crippen molar-refractivity contribution in [3.8, 4) is 5.69 Å². The van der Waals surface area contributed by atoms with E-state index in [-0.39, 0.29) is 11.4 Å². The minimum atomic E-state index is -4.81. The van der Waals surface area contributed by atoms with Crippen LogP contribution >= 0.6 is 0 Å². The van der Waals surface area contributed by atoms with Crippen molar-refractivity contribution < 1.29 is 22.7 Å². The molecule has 24 heavy (non-hydrogen) atoms. The Morgan fingerprint density at radius 1 is 1.33 bits per heavy atom. The van der Waals surface area contributed by atoms with Gasteiger partial charge in [0.25, 0.3) is 0 Å². The molecule has 0 atom stereocenters. The zero-order valence-corrected chi connectivity index (χ0v) is 12.7. The SMILES string of the molecule is CC(C)OC(=O)c1cnn(-c2ccc(N=[N+]=[N-])cc2)c1C(F)(F)F. The smallest absolute Gasteiger partial charge is 0.434 e. The number of hydrogen-bond donors (Lipinski definition) is 0. The van der Waals surface area contributed by atoms with Gasteiger partial charge in [-0.1, -0.05) is 17.2 Å². The molecule has 2 rings (SSSR count). The van der Waals surface area contributed by atoms with Gasteiger partial charge in [-0.3, -0.25) is 0 Å². The molecule has 0 fully saturated rings. The van der Waals surface area contributed by atoms with Crippen LogP contribution in [0.15, 0.2) is 35.6 Å². The summed E-state index contributed by atoms with van der Waals surface area (Å²) in [6.07, 6.45) is -4.56. The Morgan fingerprint density at radius 3 is 2.46 bits per heavy atom. The summed E-state index contributed by atoms with van der Waals surface area (Å²) >= 11 is 0. The standard InChI is InChI=1S/C14H12F3N5O2/c1-8(2)24-13(23)11-7-19-22(12(11)14(15,16)17)10-5-3-9(4-6-10)20-21-18/h3-8H,1-2H3. The van der Waals surface area contributed by atoms with E-state index in [1.807, 2.05) is 0 Å². The van der Waals surface area contributed by atoms with Gasteiger partial charge in [0.15, 0.2) is 5.69 Å². The number of halogens is 3. The van der Waals surface area contributed by atoms with Gasteiger partial charge in [0.2, 0.25) is 0 Å². The number of esters is 1. The molecule has 0 bridgehead atoms. The lowest BCUT2D eigenvalue weighted by Crippen LogP contribution is -2.20. The summed E-state index contributed by atoms with van der Waals surface area (Å²) in [7, 11) is 0. The molecular formula is C14H12F3N5O2. The summed E-state index contributed by atoms with van der Waals surface area (Å²) in [4.78, 5) is 14.5. The molecular weight excluding hydrogens is 327 g/mol. The molecule has 10 heteroatoms. The molecule has 1 aromatic heterocycles. The van der Waals surface area contributed by atoms with Crippen LogP contribution in [0.4, 0.5) is 18.9 Å². The van der Waals surface area contributed by atoms with Crippen LogP contribution in [-0.4, -0.2) is 21.9 Å². The molecule has 0 unspecified atom stereocenters. The van der Waals surface area contributed by atoms with E-state index in [9.17, 15) is 18.0 Å². The minimum absolute atomic E-state index is 0.0582. The highest BCUT2D eigenvalue weighted by molar-refractivity contribution is 5.91. The van der Waals surface area contributed by atoms with E-state index < -0.39 is 29.5 Å². The number of alkyl halides is 3. The molecule has 7 nitrogen and oxygen atoms in total. The minimum Gasteiger partial charge on any atom is -0.459 e. The molecule has 0 amide bonds. The fourth-order valence-corrected chi connectivity index (χ4v) is 1.96. The highest BCUT2D eigenvalue weighted by Crippen LogP contribution is 2.34. The van der Waals surface area contributed by atoms with Gasteiger partial charge >= 0.3 is 12.1 Å². The summed E-state index contributed by atoms with van der Waals surface area (Å²) in [5, 5.41) is 6.98. The highest BCUT2D eigenvalue weighted by Gasteiger charge is 2.41. The monoisotopic (exact) mass is 339 g/mol. The van der Waals surface area contributed by atoms with Crippen LogP contribution in [0.25, 0.3) is 16.1 Å². The molecule has 0 aliphatic heterocycles. The van der Waals surface area contributed by atoms with E-state index in [2.05, 4.69) is 15.1 Å². The summed E-state index contributed by atoms with van der Waals surface area (Å²) in [6.45, 7) is 3.06. The first kappa shape index (κ1) is 17.4. The third-order valence-electron chi connectivity index (χ3n) is 2.85. The zero-order valence-electron chi connectivity index (χ0n) is 12.7. The van der Waals surface area contributed by atoms with Gasteiger partial charge in [0, 0.05) is 10.6 Å². The number of nitrogens with zero attached hydrogens (tertiary/aromatic N) is 5. The highest BCUT2D eigenvalue weighted by atomic mass is 19.4. The Morgan fingerprint density at radius 2 is 1.96 bits per heavy atom. The maximum absolute atomic E-state index is 13.4. The maximum atomic E-state index is 13.4. The quantitative estimate of drug-likeness (QED) is 0.358. The van der Waals surface area contributed by atoms with Crippen LogP contribution in [0.2, 0.25) is 0 Å². The molecule has 1 aromatic carbocycles. The number of ether oxygens (including phenoxy) is 1. The lowest BCUT2D eigenvalue weighted by atomic mass is 10.2. The summed E-state index contributed by atoms with van der Waals surface area (Å²) < 4.78 is 45.6. The van der Waals surface area contributed by atoms with E-state index in [4.69, 9.17) is 10.3 Å². The fraction of sp³-hybridized carbons (Fsp3) is 0.286. The van der Waals surface area contributed by atoms with Crippen LogP contribution in [0.3, 0.4) is 0 Å². The van der Waals surface area contributed by atoms with E-state index in [0.717, 1.165) is 6.20 Å². The van der Waals surface area contributed by atoms with Gasteiger partial charge < -0.3 is 4.74 Å². The van der Waals surface area contributed by atoms with E-state index in [1.54, 1.807) is 0 Å². The first-order valence-electron chi connectivity index (χ1n) is 6.75. The molecule has 0 aliphatic carbocycles. The molecule has 0 saturated carbocycles. The summed E-state index contributed by atoms with van der Waals surface area (Å²) in [5.41, 5.74) is 6.73. The van der Waals surface area contributed by atoms with Gasteiger partial charge in [0.05, 0.1) is 18.0 Å². The summed E-state index contributed by atoms with van der Waals surface area (Å²) in [5.74, 6) is -1.10. The van der Waals surface area contributed by atoms with Gasteiger partial charge in [-0.05, 0) is 31.5 Å². The predicted molar refractivity (Wildman–Crippen MR) is 77.9 cm³/mol. The average molecular weight is 339 g/mol. The van der Waals surface area contributed by atoms with E-state index >= 15 is 0 Å². The van der Waals surface area contributed by atoms with Crippen molar-refractivity contribution in [1.29, 1.82) is 0 Å². The van der Waals surface area contributed by atoms with Gasteiger partial charge in [0.1, 0.15) is 5.56 Å². The van der Waals surface area contributed by atoms with Crippen molar-refractivity contribution in [1.82, 2.24) is 9.78 Å². The van der Waals surface area contributed by atoms with Crippen LogP contribution < -0.4 is 0 Å². The first-order valence-corrected chi connectivity index (χ1v) is 6.75. The lowest BCUT2D eigenvalue weighted by Gasteiger charge is -2.13. The number of rotatable bonds is 4. The Labute approximate surface area is 134 Å². The zero-order chi connectivity index (χ0) is 17.9. The Kier molecular flexibility index (Phi) is 4.79. The largest absolute Gasteiger partial charge is 0.459 e. The van der Waals surface area contributed by atoms with Crippen molar-refractivity contribution in [2.75, 3.05) is 0 Å². The average Bonchev–Trinajstić information content (AvgIpc) is 2.93. The predicted octanol–water partition coefficient (Wildman–Crippen LogP) is 4.40. The normalized spacial score (nSPS) is 11.2. The van der Waals surface area contributed by atoms with Gasteiger partial charge in [-0.25, -0.2) is 9.48 Å². The molecule has 2 aromatic rings. The van der Waals surface area contributed by atoms with Crippen molar-refractivity contribution in [3.05, 3.63) is 52.2 Å². The topological polar surface area (TPSA) is 92.9 Å². The maximum Gasteiger partial charge on any atom is 0.434 e. The first-order chi connectivity index (χ1) is 11.2. The summed E-state index contributed by atoms with van der Waals surface area (Å²) in [6, 6.07) is 5.26. The Hall–Kier alpha value is -3.00. The second kappa shape index (κ2) is 6.63. The fourth-order valence-electron chi connectivity index (χ4n) is 1.96. The number of hydrogen-bond acceptors (Lipinski definition) is 4. The second-order valence-electron chi connectivity index (χ2n) is 4.98. The Balaban J connectivity index is 2.52. The molecule has 0 aliphatic rings.